The average molecular weight is 517 g/mol. The number of hydrogen-bond donors (Lipinski definition) is 2. The molecule has 10 heteroatoms. The standard InChI is InChI=1S/C24H23Cl2FN6S/c1-14-7-4-5-8-17(14)11-33-16(3)22(15(2)30-33)28-24(34)29-23-20(26)13-32(31-23)12-18-19(25)9-6-10-21(18)27/h4-10,13H,11-12H2,1-3H3,(H2,28,29,31,34). The molecule has 0 amide bonds. The summed E-state index contributed by atoms with van der Waals surface area (Å²) in [5, 5.41) is 16.2. The summed E-state index contributed by atoms with van der Waals surface area (Å²) in [7, 11) is 0. The van der Waals surface area contributed by atoms with E-state index in [4.69, 9.17) is 35.4 Å². The fraction of sp³-hybridized carbons (Fsp3) is 0.208. The Hall–Kier alpha value is -2.94. The van der Waals surface area contributed by atoms with Gasteiger partial charge in [-0.05, 0) is 56.2 Å². The Balaban J connectivity index is 1.46. The second-order valence-corrected chi connectivity index (χ2v) is 9.16. The molecule has 4 rings (SSSR count). The Labute approximate surface area is 212 Å². The van der Waals surface area contributed by atoms with Gasteiger partial charge in [-0.15, -0.1) is 0 Å². The molecule has 0 unspecified atom stereocenters. The van der Waals surface area contributed by atoms with Crippen molar-refractivity contribution in [3.63, 3.8) is 0 Å². The van der Waals surface area contributed by atoms with Gasteiger partial charge in [0.25, 0.3) is 0 Å². The van der Waals surface area contributed by atoms with Crippen LogP contribution in [-0.4, -0.2) is 24.7 Å². The van der Waals surface area contributed by atoms with Crippen LogP contribution < -0.4 is 10.6 Å². The lowest BCUT2D eigenvalue weighted by molar-refractivity contribution is 0.586. The van der Waals surface area contributed by atoms with Crippen molar-refractivity contribution >= 4 is 52.0 Å². The van der Waals surface area contributed by atoms with Gasteiger partial charge < -0.3 is 10.6 Å². The smallest absolute Gasteiger partial charge is 0.176 e. The molecule has 0 aliphatic carbocycles. The first kappa shape index (κ1) is 24.2. The minimum absolute atomic E-state index is 0.136. The number of benzene rings is 2. The van der Waals surface area contributed by atoms with E-state index < -0.39 is 5.82 Å². The Morgan fingerprint density at radius 1 is 0.971 bits per heavy atom. The average Bonchev–Trinajstić information content (AvgIpc) is 3.25. The van der Waals surface area contributed by atoms with Gasteiger partial charge in [0.15, 0.2) is 10.9 Å². The molecule has 2 N–H and O–H groups in total. The van der Waals surface area contributed by atoms with Gasteiger partial charge in [0, 0.05) is 16.8 Å². The second kappa shape index (κ2) is 10.1. The molecular formula is C24H23Cl2FN6S. The zero-order valence-corrected chi connectivity index (χ0v) is 21.2. The van der Waals surface area contributed by atoms with E-state index in [9.17, 15) is 4.39 Å². The van der Waals surface area contributed by atoms with E-state index in [1.54, 1.807) is 18.3 Å². The first-order valence-electron chi connectivity index (χ1n) is 10.5. The number of nitrogens with zero attached hydrogens (tertiary/aromatic N) is 4. The van der Waals surface area contributed by atoms with E-state index in [0.29, 0.717) is 33.1 Å². The second-order valence-electron chi connectivity index (χ2n) is 7.93. The van der Waals surface area contributed by atoms with E-state index in [1.165, 1.54) is 21.9 Å². The molecule has 34 heavy (non-hydrogen) atoms. The number of nitrogens with one attached hydrogen (secondary N) is 2. The molecule has 176 valence electrons. The summed E-state index contributed by atoms with van der Waals surface area (Å²) in [5.41, 5.74) is 5.34. The molecule has 4 aromatic rings. The number of rotatable bonds is 6. The molecule has 2 aromatic heterocycles. The summed E-state index contributed by atoms with van der Waals surface area (Å²) in [4.78, 5) is 0. The van der Waals surface area contributed by atoms with Gasteiger partial charge in [-0.3, -0.25) is 9.36 Å². The predicted molar refractivity (Wildman–Crippen MR) is 140 cm³/mol. The van der Waals surface area contributed by atoms with E-state index >= 15 is 0 Å². The van der Waals surface area contributed by atoms with Gasteiger partial charge in [0.05, 0.1) is 30.2 Å². The summed E-state index contributed by atoms with van der Waals surface area (Å²) in [6.07, 6.45) is 1.59. The van der Waals surface area contributed by atoms with Gasteiger partial charge in [0.1, 0.15) is 10.8 Å². The van der Waals surface area contributed by atoms with Crippen molar-refractivity contribution < 1.29 is 4.39 Å². The minimum atomic E-state index is -0.403. The molecular weight excluding hydrogens is 494 g/mol. The lowest BCUT2D eigenvalue weighted by Gasteiger charge is -2.11. The highest BCUT2D eigenvalue weighted by Crippen LogP contribution is 2.25. The number of aryl methyl sites for hydroxylation is 2. The van der Waals surface area contributed by atoms with Crippen LogP contribution in [0.25, 0.3) is 0 Å². The number of hydrogen-bond acceptors (Lipinski definition) is 3. The summed E-state index contributed by atoms with van der Waals surface area (Å²) in [5.74, 6) is -0.0475. The quantitative estimate of drug-likeness (QED) is 0.292. The van der Waals surface area contributed by atoms with Crippen LogP contribution >= 0.6 is 35.4 Å². The fourth-order valence-corrected chi connectivity index (χ4v) is 4.26. The molecule has 0 atom stereocenters. The molecule has 0 aliphatic heterocycles. The van der Waals surface area contributed by atoms with E-state index in [2.05, 4.69) is 39.9 Å². The first-order valence-corrected chi connectivity index (χ1v) is 11.7. The molecule has 0 spiro atoms. The van der Waals surface area contributed by atoms with Crippen LogP contribution in [0.2, 0.25) is 10.0 Å². The highest BCUT2D eigenvalue weighted by atomic mass is 35.5. The molecule has 0 saturated heterocycles. The zero-order chi connectivity index (χ0) is 24.4. The Morgan fingerprint density at radius 3 is 2.47 bits per heavy atom. The van der Waals surface area contributed by atoms with Crippen LogP contribution in [0.3, 0.4) is 0 Å². The van der Waals surface area contributed by atoms with Crippen molar-refractivity contribution in [3.05, 3.63) is 92.6 Å². The van der Waals surface area contributed by atoms with Crippen LogP contribution in [0.4, 0.5) is 15.9 Å². The maximum atomic E-state index is 14.1. The monoisotopic (exact) mass is 516 g/mol. The summed E-state index contributed by atoms with van der Waals surface area (Å²) < 4.78 is 17.6. The lowest BCUT2D eigenvalue weighted by atomic mass is 10.1. The Bertz CT molecular complexity index is 1340. The van der Waals surface area contributed by atoms with Gasteiger partial charge in [-0.2, -0.15) is 10.2 Å². The molecule has 0 saturated carbocycles. The SMILES string of the molecule is Cc1ccccc1Cn1nc(C)c(NC(=S)Nc2nn(Cc3c(F)cccc3Cl)cc2Cl)c1C. The molecule has 6 nitrogen and oxygen atoms in total. The highest BCUT2D eigenvalue weighted by molar-refractivity contribution is 7.80. The third-order valence-electron chi connectivity index (χ3n) is 5.53. The summed E-state index contributed by atoms with van der Waals surface area (Å²) in [6.45, 7) is 6.80. The molecule has 2 aromatic carbocycles. The third kappa shape index (κ3) is 5.24. The molecule has 0 aliphatic rings. The molecule has 0 bridgehead atoms. The normalized spacial score (nSPS) is 11.0. The summed E-state index contributed by atoms with van der Waals surface area (Å²) in [6, 6.07) is 12.8. The van der Waals surface area contributed by atoms with E-state index in [1.807, 2.05) is 30.7 Å². The van der Waals surface area contributed by atoms with E-state index in [0.717, 1.165) is 17.1 Å². The van der Waals surface area contributed by atoms with Crippen molar-refractivity contribution in [2.75, 3.05) is 10.6 Å². The predicted octanol–water partition coefficient (Wildman–Crippen LogP) is 6.36. The Kier molecular flexibility index (Phi) is 7.21. The fourth-order valence-electron chi connectivity index (χ4n) is 3.64. The number of halogens is 3. The van der Waals surface area contributed by atoms with Crippen LogP contribution in [0.1, 0.15) is 28.1 Å². The maximum Gasteiger partial charge on any atom is 0.176 e. The van der Waals surface area contributed by atoms with Crippen LogP contribution in [-0.2, 0) is 13.1 Å². The Morgan fingerprint density at radius 2 is 1.74 bits per heavy atom. The van der Waals surface area contributed by atoms with Gasteiger partial charge >= 0.3 is 0 Å². The molecule has 0 radical (unpaired) electrons. The van der Waals surface area contributed by atoms with Crippen LogP contribution in [0.5, 0.6) is 0 Å². The lowest BCUT2D eigenvalue weighted by Crippen LogP contribution is -2.20. The third-order valence-corrected chi connectivity index (χ3v) is 6.37. The van der Waals surface area contributed by atoms with Crippen molar-refractivity contribution in [1.82, 2.24) is 19.6 Å². The van der Waals surface area contributed by atoms with Crippen molar-refractivity contribution in [2.45, 2.75) is 33.9 Å². The molecule has 2 heterocycles. The van der Waals surface area contributed by atoms with Crippen molar-refractivity contribution in [1.29, 1.82) is 0 Å². The van der Waals surface area contributed by atoms with Gasteiger partial charge in [-0.25, -0.2) is 4.39 Å². The van der Waals surface area contributed by atoms with Gasteiger partial charge in [0.2, 0.25) is 0 Å². The number of aromatic nitrogens is 4. The van der Waals surface area contributed by atoms with E-state index in [-0.39, 0.29) is 6.54 Å². The van der Waals surface area contributed by atoms with Crippen LogP contribution in [0, 0.1) is 26.6 Å². The largest absolute Gasteiger partial charge is 0.329 e. The minimum Gasteiger partial charge on any atom is -0.329 e. The molecule has 0 fully saturated rings. The van der Waals surface area contributed by atoms with Crippen molar-refractivity contribution in [3.8, 4) is 0 Å². The topological polar surface area (TPSA) is 59.7 Å². The van der Waals surface area contributed by atoms with Gasteiger partial charge in [-0.1, -0.05) is 53.5 Å². The number of thiocarbonyl (C=S) groups is 1. The summed E-state index contributed by atoms with van der Waals surface area (Å²) >= 11 is 17.9. The van der Waals surface area contributed by atoms with Crippen LogP contribution in [0.15, 0.2) is 48.7 Å². The first-order chi connectivity index (χ1) is 16.2. The van der Waals surface area contributed by atoms with Crippen molar-refractivity contribution in [2.24, 2.45) is 0 Å². The zero-order valence-electron chi connectivity index (χ0n) is 18.9. The highest BCUT2D eigenvalue weighted by Gasteiger charge is 2.16. The number of anilines is 2. The maximum absolute atomic E-state index is 14.1.